The number of phenolic OH excluding ortho intramolecular Hbond substituents is 1. The molecule has 2 aromatic rings. The van der Waals surface area contributed by atoms with Crippen LogP contribution < -0.4 is 11.1 Å². The first-order valence-corrected chi connectivity index (χ1v) is 8.30. The number of benzene rings is 1. The summed E-state index contributed by atoms with van der Waals surface area (Å²) in [5.41, 5.74) is 8.60. The molecule has 1 heterocycles. The zero-order chi connectivity index (χ0) is 18.4. The van der Waals surface area contributed by atoms with E-state index in [-0.39, 0.29) is 18.1 Å². The summed E-state index contributed by atoms with van der Waals surface area (Å²) in [6, 6.07) is 4.83. The molecule has 0 amide bonds. The van der Waals surface area contributed by atoms with Gasteiger partial charge in [0.1, 0.15) is 11.6 Å². The van der Waals surface area contributed by atoms with Gasteiger partial charge >= 0.3 is 5.97 Å². The van der Waals surface area contributed by atoms with Crippen LogP contribution in [-0.4, -0.2) is 32.7 Å². The van der Waals surface area contributed by atoms with Crippen molar-refractivity contribution in [3.63, 3.8) is 0 Å². The van der Waals surface area contributed by atoms with Gasteiger partial charge in [0.2, 0.25) is 5.95 Å². The summed E-state index contributed by atoms with van der Waals surface area (Å²) in [5.74, 6) is 0.0565. The van der Waals surface area contributed by atoms with Crippen LogP contribution >= 0.6 is 0 Å². The number of aromatic nitrogens is 2. The highest BCUT2D eigenvalue weighted by Crippen LogP contribution is 2.27. The number of rotatable bonds is 8. The molecule has 5 N–H and O–H groups in total. The predicted molar refractivity (Wildman–Crippen MR) is 96.8 cm³/mol. The average Bonchev–Trinajstić information content (AvgIpc) is 2.53. The third-order valence-electron chi connectivity index (χ3n) is 3.92. The number of aromatic hydroxyl groups is 1. The van der Waals surface area contributed by atoms with Crippen molar-refractivity contribution in [2.45, 2.75) is 39.5 Å². The van der Waals surface area contributed by atoms with Gasteiger partial charge in [-0.05, 0) is 30.5 Å². The highest BCUT2D eigenvalue weighted by molar-refractivity contribution is 5.70. The van der Waals surface area contributed by atoms with Gasteiger partial charge < -0.3 is 21.3 Å². The summed E-state index contributed by atoms with van der Waals surface area (Å²) in [5, 5.41) is 22.4. The first-order chi connectivity index (χ1) is 11.9. The molecular weight excluding hydrogens is 320 g/mol. The number of hydrogen-bond acceptors (Lipinski definition) is 6. The maximum Gasteiger partial charge on any atom is 0.307 e. The number of carboxylic acids is 1. The van der Waals surface area contributed by atoms with E-state index in [0.29, 0.717) is 23.4 Å². The van der Waals surface area contributed by atoms with E-state index in [1.165, 1.54) is 6.07 Å². The second-order valence-electron chi connectivity index (χ2n) is 5.99. The molecule has 0 unspecified atom stereocenters. The van der Waals surface area contributed by atoms with Crippen LogP contribution in [0.5, 0.6) is 5.75 Å². The number of anilines is 2. The number of nitrogens with one attached hydrogen (secondary N) is 1. The minimum absolute atomic E-state index is 0.0912. The van der Waals surface area contributed by atoms with E-state index in [2.05, 4.69) is 22.2 Å². The van der Waals surface area contributed by atoms with Crippen LogP contribution in [0.25, 0.3) is 0 Å². The number of carboxylic acid groups (broad SMARTS) is 1. The summed E-state index contributed by atoms with van der Waals surface area (Å²) in [7, 11) is 0. The van der Waals surface area contributed by atoms with Crippen LogP contribution in [0.4, 0.5) is 11.8 Å². The Morgan fingerprint density at radius 2 is 2.08 bits per heavy atom. The Morgan fingerprint density at radius 1 is 1.32 bits per heavy atom. The molecule has 0 bridgehead atoms. The Labute approximate surface area is 146 Å². The number of nitrogens with two attached hydrogens (primary N) is 1. The van der Waals surface area contributed by atoms with Gasteiger partial charge in [-0.3, -0.25) is 4.79 Å². The lowest BCUT2D eigenvalue weighted by Crippen LogP contribution is -2.11. The topological polar surface area (TPSA) is 121 Å². The Kier molecular flexibility index (Phi) is 6.16. The Balaban J connectivity index is 2.34. The Hall–Kier alpha value is -2.83. The molecule has 0 aliphatic rings. The van der Waals surface area contributed by atoms with Gasteiger partial charge in [-0.2, -0.15) is 4.98 Å². The molecular formula is C18H24N4O3. The lowest BCUT2D eigenvalue weighted by molar-refractivity contribution is -0.136. The van der Waals surface area contributed by atoms with Crippen molar-refractivity contribution in [1.29, 1.82) is 0 Å². The second-order valence-corrected chi connectivity index (χ2v) is 5.99. The first kappa shape index (κ1) is 18.5. The largest absolute Gasteiger partial charge is 0.508 e. The van der Waals surface area contributed by atoms with E-state index in [1.807, 2.05) is 6.92 Å². The van der Waals surface area contributed by atoms with Crippen molar-refractivity contribution in [3.05, 3.63) is 40.6 Å². The molecule has 134 valence electrons. The molecule has 0 fully saturated rings. The van der Waals surface area contributed by atoms with Gasteiger partial charge in [-0.1, -0.05) is 25.5 Å². The van der Waals surface area contributed by atoms with Crippen molar-refractivity contribution in [2.75, 3.05) is 17.6 Å². The van der Waals surface area contributed by atoms with E-state index in [9.17, 15) is 9.90 Å². The maximum atomic E-state index is 10.9. The fourth-order valence-electron chi connectivity index (χ4n) is 2.61. The monoisotopic (exact) mass is 344 g/mol. The van der Waals surface area contributed by atoms with Gasteiger partial charge in [0, 0.05) is 24.2 Å². The molecule has 0 aliphatic carbocycles. The maximum absolute atomic E-state index is 10.9. The summed E-state index contributed by atoms with van der Waals surface area (Å²) in [4.78, 5) is 19.4. The smallest absolute Gasteiger partial charge is 0.307 e. The minimum Gasteiger partial charge on any atom is -0.508 e. The van der Waals surface area contributed by atoms with Crippen LogP contribution in [0.1, 0.15) is 42.1 Å². The average molecular weight is 344 g/mol. The predicted octanol–water partition coefficient (Wildman–Crippen LogP) is 2.50. The van der Waals surface area contributed by atoms with E-state index >= 15 is 0 Å². The minimum atomic E-state index is -0.912. The normalized spacial score (nSPS) is 10.6. The van der Waals surface area contributed by atoms with Gasteiger partial charge in [-0.15, -0.1) is 0 Å². The summed E-state index contributed by atoms with van der Waals surface area (Å²) in [6.07, 6.45) is 2.35. The Bertz CT molecular complexity index is 762. The van der Waals surface area contributed by atoms with Gasteiger partial charge in [0.15, 0.2) is 0 Å². The van der Waals surface area contributed by atoms with Crippen molar-refractivity contribution < 1.29 is 15.0 Å². The third-order valence-corrected chi connectivity index (χ3v) is 3.92. The molecule has 2 rings (SSSR count). The summed E-state index contributed by atoms with van der Waals surface area (Å²) in [6.45, 7) is 4.72. The van der Waals surface area contributed by atoms with Crippen LogP contribution in [0.2, 0.25) is 0 Å². The van der Waals surface area contributed by atoms with Crippen LogP contribution in [0.3, 0.4) is 0 Å². The Morgan fingerprint density at radius 3 is 2.76 bits per heavy atom. The molecule has 0 saturated carbocycles. The number of nitrogen functional groups attached to an aromatic ring is 1. The molecule has 0 saturated heterocycles. The number of unbranched alkanes of at least 4 members (excludes halogenated alkanes) is 1. The second kappa shape index (κ2) is 8.32. The van der Waals surface area contributed by atoms with E-state index < -0.39 is 5.97 Å². The van der Waals surface area contributed by atoms with Gasteiger partial charge in [0.25, 0.3) is 0 Å². The van der Waals surface area contributed by atoms with Crippen LogP contribution in [-0.2, 0) is 17.6 Å². The molecule has 7 nitrogen and oxygen atoms in total. The number of hydrogen-bond donors (Lipinski definition) is 4. The standard InChI is InChI=1S/C18H24N4O3/c1-3-4-7-20-17-14(11(2)21-18(19)22-17)10-13-8-12(9-16(24)25)5-6-15(13)23/h5-6,8,23H,3-4,7,9-10H2,1-2H3,(H,24,25)(H3,19,20,21,22). The van der Waals surface area contributed by atoms with Crippen molar-refractivity contribution in [2.24, 2.45) is 0 Å². The molecule has 0 aliphatic heterocycles. The summed E-state index contributed by atoms with van der Waals surface area (Å²) < 4.78 is 0. The number of carbonyl (C=O) groups is 1. The molecule has 0 atom stereocenters. The highest BCUT2D eigenvalue weighted by Gasteiger charge is 2.14. The quantitative estimate of drug-likeness (QED) is 0.543. The fraction of sp³-hybridized carbons (Fsp3) is 0.389. The number of aliphatic carboxylic acids is 1. The van der Waals surface area contributed by atoms with Gasteiger partial charge in [-0.25, -0.2) is 4.98 Å². The number of phenols is 1. The molecule has 7 heteroatoms. The molecule has 0 spiro atoms. The SMILES string of the molecule is CCCCNc1nc(N)nc(C)c1Cc1cc(CC(=O)O)ccc1O. The van der Waals surface area contributed by atoms with Crippen LogP contribution in [0.15, 0.2) is 18.2 Å². The van der Waals surface area contributed by atoms with Crippen molar-refractivity contribution in [1.82, 2.24) is 9.97 Å². The summed E-state index contributed by atoms with van der Waals surface area (Å²) >= 11 is 0. The molecule has 1 aromatic heterocycles. The third kappa shape index (κ3) is 5.07. The van der Waals surface area contributed by atoms with Crippen molar-refractivity contribution in [3.8, 4) is 5.75 Å². The van der Waals surface area contributed by atoms with E-state index in [1.54, 1.807) is 12.1 Å². The van der Waals surface area contributed by atoms with E-state index in [0.717, 1.165) is 30.6 Å². The highest BCUT2D eigenvalue weighted by atomic mass is 16.4. The van der Waals surface area contributed by atoms with Crippen molar-refractivity contribution >= 4 is 17.7 Å². The zero-order valence-corrected chi connectivity index (χ0v) is 14.5. The van der Waals surface area contributed by atoms with E-state index in [4.69, 9.17) is 10.8 Å². The number of aryl methyl sites for hydroxylation is 1. The van der Waals surface area contributed by atoms with Crippen LogP contribution in [0, 0.1) is 6.92 Å². The first-order valence-electron chi connectivity index (χ1n) is 8.30. The molecule has 0 radical (unpaired) electrons. The molecule has 25 heavy (non-hydrogen) atoms. The van der Waals surface area contributed by atoms with Gasteiger partial charge in [0.05, 0.1) is 6.42 Å². The molecule has 1 aromatic carbocycles. The fourth-order valence-corrected chi connectivity index (χ4v) is 2.61. The zero-order valence-electron chi connectivity index (χ0n) is 14.5. The lowest BCUT2D eigenvalue weighted by Gasteiger charge is -2.15. The number of nitrogens with zero attached hydrogens (tertiary/aromatic N) is 2. The lowest BCUT2D eigenvalue weighted by atomic mass is 10.00.